The van der Waals surface area contributed by atoms with E-state index in [0.717, 1.165) is 24.4 Å². The average molecular weight is 312 g/mol. The highest BCUT2D eigenvalue weighted by molar-refractivity contribution is 7.89. The third-order valence-electron chi connectivity index (χ3n) is 2.88. The van der Waals surface area contributed by atoms with Crippen LogP contribution in [0.2, 0.25) is 0 Å². The van der Waals surface area contributed by atoms with Crippen molar-refractivity contribution in [3.8, 4) is 0 Å². The number of hydrogen-bond acceptors (Lipinski definition) is 5. The lowest BCUT2D eigenvalue weighted by molar-refractivity contribution is 0.377. The van der Waals surface area contributed by atoms with Crippen LogP contribution in [0, 0.1) is 6.92 Å². The summed E-state index contributed by atoms with van der Waals surface area (Å²) >= 11 is 0. The molecule has 116 valence electrons. The minimum atomic E-state index is -3.56. The molecule has 0 spiro atoms. The molecule has 0 aliphatic heterocycles. The Morgan fingerprint density at radius 1 is 1.33 bits per heavy atom. The molecular weight excluding hydrogens is 292 g/mol. The van der Waals surface area contributed by atoms with Crippen LogP contribution in [-0.2, 0) is 23.1 Å². The summed E-state index contributed by atoms with van der Waals surface area (Å²) in [7, 11) is -3.56. The van der Waals surface area contributed by atoms with Gasteiger partial charge in [-0.1, -0.05) is 12.1 Å². The van der Waals surface area contributed by atoms with Crippen molar-refractivity contribution in [2.75, 3.05) is 6.54 Å². The third kappa shape index (κ3) is 4.42. The minimum absolute atomic E-state index is 0.0811. The molecule has 0 saturated carbocycles. The molecule has 0 aliphatic carbocycles. The standard InChI is InChI=1S/C13H20N4O3S/c1-3-4-14-7-11-6-13(9-15-11)21(18,19)16-8-12-5-10(2)17-20-12/h5-6,9,14-16H,3-4,7-8H2,1-2H3. The molecule has 0 aromatic carbocycles. The van der Waals surface area contributed by atoms with E-state index in [1.165, 1.54) is 6.20 Å². The summed E-state index contributed by atoms with van der Waals surface area (Å²) in [5.41, 5.74) is 1.55. The molecule has 0 atom stereocenters. The Kier molecular flexibility index (Phi) is 5.16. The maximum atomic E-state index is 12.1. The normalized spacial score (nSPS) is 11.9. The van der Waals surface area contributed by atoms with E-state index in [4.69, 9.17) is 4.52 Å². The van der Waals surface area contributed by atoms with Crippen molar-refractivity contribution >= 4 is 10.0 Å². The van der Waals surface area contributed by atoms with Gasteiger partial charge < -0.3 is 14.8 Å². The van der Waals surface area contributed by atoms with Crippen molar-refractivity contribution in [3.05, 3.63) is 35.5 Å². The molecule has 21 heavy (non-hydrogen) atoms. The van der Waals surface area contributed by atoms with Crippen LogP contribution in [0.5, 0.6) is 0 Å². The number of aryl methyl sites for hydroxylation is 1. The molecule has 2 heterocycles. The number of aromatic nitrogens is 2. The fourth-order valence-corrected chi connectivity index (χ4v) is 2.84. The lowest BCUT2D eigenvalue weighted by atomic mass is 10.4. The monoisotopic (exact) mass is 312 g/mol. The Morgan fingerprint density at radius 3 is 2.81 bits per heavy atom. The first-order valence-corrected chi connectivity index (χ1v) is 8.29. The number of nitrogens with one attached hydrogen (secondary N) is 3. The second-order valence-corrected chi connectivity index (χ2v) is 6.56. The predicted molar refractivity (Wildman–Crippen MR) is 78.1 cm³/mol. The van der Waals surface area contributed by atoms with E-state index in [-0.39, 0.29) is 11.4 Å². The molecule has 0 bridgehead atoms. The first-order valence-electron chi connectivity index (χ1n) is 6.81. The summed E-state index contributed by atoms with van der Waals surface area (Å²) in [6.07, 6.45) is 2.51. The largest absolute Gasteiger partial charge is 0.363 e. The summed E-state index contributed by atoms with van der Waals surface area (Å²) in [4.78, 5) is 3.17. The fourth-order valence-electron chi connectivity index (χ4n) is 1.83. The molecule has 0 aliphatic rings. The smallest absolute Gasteiger partial charge is 0.242 e. The van der Waals surface area contributed by atoms with E-state index in [9.17, 15) is 8.42 Å². The van der Waals surface area contributed by atoms with Crippen LogP contribution >= 0.6 is 0 Å². The number of H-pyrrole nitrogens is 1. The van der Waals surface area contributed by atoms with Gasteiger partial charge in [0.05, 0.1) is 17.1 Å². The fraction of sp³-hybridized carbons (Fsp3) is 0.462. The van der Waals surface area contributed by atoms with Crippen LogP contribution in [-0.4, -0.2) is 25.1 Å². The van der Waals surface area contributed by atoms with Crippen LogP contribution < -0.4 is 10.0 Å². The highest BCUT2D eigenvalue weighted by atomic mass is 32.2. The van der Waals surface area contributed by atoms with Gasteiger partial charge in [-0.05, 0) is 26.0 Å². The van der Waals surface area contributed by atoms with Gasteiger partial charge in [0.15, 0.2) is 5.76 Å². The number of aromatic amines is 1. The predicted octanol–water partition coefficient (Wildman–Crippen LogP) is 1.29. The molecule has 2 aromatic rings. The second-order valence-electron chi connectivity index (χ2n) is 4.80. The van der Waals surface area contributed by atoms with Gasteiger partial charge >= 0.3 is 0 Å². The van der Waals surface area contributed by atoms with Gasteiger partial charge in [0.1, 0.15) is 0 Å². The second kappa shape index (κ2) is 6.88. The number of sulfonamides is 1. The molecule has 3 N–H and O–H groups in total. The molecular formula is C13H20N4O3S. The summed E-state index contributed by atoms with van der Waals surface area (Å²) in [6.45, 7) is 5.45. The van der Waals surface area contributed by atoms with E-state index in [2.05, 4.69) is 27.1 Å². The van der Waals surface area contributed by atoms with Crippen molar-refractivity contribution in [1.29, 1.82) is 0 Å². The van der Waals surface area contributed by atoms with Crippen LogP contribution in [0.15, 0.2) is 27.7 Å². The average Bonchev–Trinajstić information content (AvgIpc) is 3.06. The Hall–Kier alpha value is -1.64. The Balaban J connectivity index is 1.95. The SMILES string of the molecule is CCCNCc1cc(S(=O)(=O)NCc2cc(C)no2)c[nH]1. The van der Waals surface area contributed by atoms with E-state index < -0.39 is 10.0 Å². The molecule has 0 unspecified atom stereocenters. The summed E-state index contributed by atoms with van der Waals surface area (Å²) in [5.74, 6) is 0.483. The van der Waals surface area contributed by atoms with Gasteiger partial charge in [0, 0.05) is 24.5 Å². The van der Waals surface area contributed by atoms with Gasteiger partial charge in [0.25, 0.3) is 0 Å². The first-order chi connectivity index (χ1) is 10.0. The Bertz CT molecular complexity index is 675. The summed E-state index contributed by atoms with van der Waals surface area (Å²) < 4.78 is 31.7. The molecule has 0 fully saturated rings. The highest BCUT2D eigenvalue weighted by Crippen LogP contribution is 2.11. The molecule has 2 aromatic heterocycles. The van der Waals surface area contributed by atoms with E-state index in [0.29, 0.717) is 12.3 Å². The van der Waals surface area contributed by atoms with Crippen LogP contribution in [0.25, 0.3) is 0 Å². The van der Waals surface area contributed by atoms with E-state index >= 15 is 0 Å². The van der Waals surface area contributed by atoms with Crippen molar-refractivity contribution in [1.82, 2.24) is 20.2 Å². The van der Waals surface area contributed by atoms with Gasteiger partial charge in [-0.2, -0.15) is 0 Å². The van der Waals surface area contributed by atoms with Gasteiger partial charge in [-0.25, -0.2) is 13.1 Å². The first kappa shape index (κ1) is 15.7. The lowest BCUT2D eigenvalue weighted by Gasteiger charge is -2.02. The molecule has 7 nitrogen and oxygen atoms in total. The zero-order chi connectivity index (χ0) is 15.3. The summed E-state index contributed by atoms with van der Waals surface area (Å²) in [5, 5.41) is 6.92. The van der Waals surface area contributed by atoms with E-state index in [1.807, 2.05) is 0 Å². The molecule has 0 amide bonds. The van der Waals surface area contributed by atoms with Crippen LogP contribution in [0.1, 0.15) is 30.5 Å². The molecule has 8 heteroatoms. The van der Waals surface area contributed by atoms with Gasteiger partial charge in [-0.15, -0.1) is 0 Å². The minimum Gasteiger partial charge on any atom is -0.363 e. The van der Waals surface area contributed by atoms with Crippen molar-refractivity contribution in [2.45, 2.75) is 38.3 Å². The molecule has 0 radical (unpaired) electrons. The maximum Gasteiger partial charge on any atom is 0.242 e. The van der Waals surface area contributed by atoms with Crippen molar-refractivity contribution < 1.29 is 12.9 Å². The van der Waals surface area contributed by atoms with Gasteiger partial charge in [-0.3, -0.25) is 0 Å². The molecule has 2 rings (SSSR count). The van der Waals surface area contributed by atoms with Crippen LogP contribution in [0.4, 0.5) is 0 Å². The zero-order valence-electron chi connectivity index (χ0n) is 12.1. The quantitative estimate of drug-likeness (QED) is 0.638. The van der Waals surface area contributed by atoms with Crippen molar-refractivity contribution in [2.24, 2.45) is 0 Å². The third-order valence-corrected chi connectivity index (χ3v) is 4.26. The van der Waals surface area contributed by atoms with Crippen LogP contribution in [0.3, 0.4) is 0 Å². The number of hydrogen-bond donors (Lipinski definition) is 3. The Labute approximate surface area is 124 Å². The number of rotatable bonds is 8. The lowest BCUT2D eigenvalue weighted by Crippen LogP contribution is -2.22. The summed E-state index contributed by atoms with van der Waals surface area (Å²) in [6, 6.07) is 3.32. The Morgan fingerprint density at radius 2 is 2.14 bits per heavy atom. The maximum absolute atomic E-state index is 12.1. The number of nitrogens with zero attached hydrogens (tertiary/aromatic N) is 1. The van der Waals surface area contributed by atoms with Gasteiger partial charge in [0.2, 0.25) is 10.0 Å². The zero-order valence-corrected chi connectivity index (χ0v) is 13.0. The van der Waals surface area contributed by atoms with E-state index in [1.54, 1.807) is 19.1 Å². The highest BCUT2D eigenvalue weighted by Gasteiger charge is 2.16. The topological polar surface area (TPSA) is 100 Å². The molecule has 0 saturated heterocycles. The van der Waals surface area contributed by atoms with Crippen molar-refractivity contribution in [3.63, 3.8) is 0 Å².